The zero-order valence-electron chi connectivity index (χ0n) is 16.5. The Balaban J connectivity index is 1.57. The Bertz CT molecular complexity index is 1430. The standard InChI is InChI=1S/C19H17Cl2N7O3/c1-25-17-16(18(30)26(2)19(25)31)27(10-22-17)9-14(29)24-13-6-7-23-28(13)8-11-4-3-5-12(20)15(11)21/h3-7,10H,8-9H2,1-2H3,(H,24,29). The zero-order valence-corrected chi connectivity index (χ0v) is 18.1. The van der Waals surface area contributed by atoms with Gasteiger partial charge in [0.2, 0.25) is 5.91 Å². The molecule has 10 nitrogen and oxygen atoms in total. The number of nitrogens with zero attached hydrogens (tertiary/aromatic N) is 6. The van der Waals surface area contributed by atoms with Crippen molar-refractivity contribution < 1.29 is 4.79 Å². The number of hydrogen-bond donors (Lipinski definition) is 1. The van der Waals surface area contributed by atoms with Crippen LogP contribution in [0.3, 0.4) is 0 Å². The molecule has 0 aliphatic carbocycles. The molecule has 3 aromatic heterocycles. The van der Waals surface area contributed by atoms with E-state index in [0.29, 0.717) is 22.4 Å². The second-order valence-corrected chi connectivity index (χ2v) is 7.67. The molecule has 0 fully saturated rings. The molecular formula is C19H17Cl2N7O3. The van der Waals surface area contributed by atoms with Crippen molar-refractivity contribution in [1.29, 1.82) is 0 Å². The van der Waals surface area contributed by atoms with Gasteiger partial charge < -0.3 is 9.88 Å². The third kappa shape index (κ3) is 3.75. The van der Waals surface area contributed by atoms with Gasteiger partial charge in [-0.1, -0.05) is 35.3 Å². The Kier molecular flexibility index (Phi) is 5.42. The van der Waals surface area contributed by atoms with Crippen molar-refractivity contribution >= 4 is 46.1 Å². The van der Waals surface area contributed by atoms with E-state index in [1.54, 1.807) is 29.1 Å². The summed E-state index contributed by atoms with van der Waals surface area (Å²) in [5.41, 5.74) is 0.110. The molecule has 1 aromatic carbocycles. The highest BCUT2D eigenvalue weighted by molar-refractivity contribution is 6.42. The van der Waals surface area contributed by atoms with Crippen LogP contribution in [0.15, 0.2) is 46.4 Å². The first-order valence-electron chi connectivity index (χ1n) is 9.13. The normalized spacial score (nSPS) is 11.2. The highest BCUT2D eigenvalue weighted by Gasteiger charge is 2.17. The van der Waals surface area contributed by atoms with Crippen molar-refractivity contribution in [1.82, 2.24) is 28.5 Å². The number of fused-ring (bicyclic) bond motifs is 1. The fourth-order valence-electron chi connectivity index (χ4n) is 3.25. The number of imidazole rings is 1. The molecule has 1 amide bonds. The predicted molar refractivity (Wildman–Crippen MR) is 117 cm³/mol. The van der Waals surface area contributed by atoms with Crippen molar-refractivity contribution in [3.05, 3.63) is 73.2 Å². The lowest BCUT2D eigenvalue weighted by Gasteiger charge is -2.11. The van der Waals surface area contributed by atoms with E-state index in [1.807, 2.05) is 6.07 Å². The van der Waals surface area contributed by atoms with Crippen molar-refractivity contribution in [3.8, 4) is 0 Å². The molecule has 0 aliphatic heterocycles. The molecule has 3 heterocycles. The molecule has 0 aliphatic rings. The molecule has 0 bridgehead atoms. The van der Waals surface area contributed by atoms with Gasteiger partial charge in [0, 0.05) is 20.2 Å². The third-order valence-electron chi connectivity index (χ3n) is 4.87. The molecule has 31 heavy (non-hydrogen) atoms. The molecule has 4 aromatic rings. The van der Waals surface area contributed by atoms with E-state index >= 15 is 0 Å². The summed E-state index contributed by atoms with van der Waals surface area (Å²) in [6.45, 7) is 0.131. The predicted octanol–water partition coefficient (Wildman–Crippen LogP) is 1.62. The third-order valence-corrected chi connectivity index (χ3v) is 5.72. The molecule has 160 valence electrons. The SMILES string of the molecule is Cn1c(=O)c2c(ncn2CC(=O)Nc2ccnn2Cc2cccc(Cl)c2Cl)n(C)c1=O. The van der Waals surface area contributed by atoms with E-state index in [1.165, 1.54) is 29.6 Å². The van der Waals surface area contributed by atoms with Crippen LogP contribution in [0.5, 0.6) is 0 Å². The monoisotopic (exact) mass is 461 g/mol. The molecule has 12 heteroatoms. The Hall–Kier alpha value is -3.37. The fraction of sp³-hybridized carbons (Fsp3) is 0.211. The van der Waals surface area contributed by atoms with Crippen LogP contribution in [-0.4, -0.2) is 34.4 Å². The lowest BCUT2D eigenvalue weighted by atomic mass is 10.2. The van der Waals surface area contributed by atoms with Gasteiger partial charge in [-0.3, -0.25) is 18.7 Å². The minimum Gasteiger partial charge on any atom is -0.315 e. The first kappa shape index (κ1) is 20.9. The summed E-state index contributed by atoms with van der Waals surface area (Å²) in [6, 6.07) is 6.93. The number of carbonyl (C=O) groups is 1. The topological polar surface area (TPSA) is 109 Å². The summed E-state index contributed by atoms with van der Waals surface area (Å²) in [5, 5.41) is 7.84. The van der Waals surface area contributed by atoms with Crippen LogP contribution in [0.25, 0.3) is 11.2 Å². The number of rotatable bonds is 5. The Morgan fingerprint density at radius 2 is 1.90 bits per heavy atom. The van der Waals surface area contributed by atoms with Crippen LogP contribution >= 0.6 is 23.2 Å². The van der Waals surface area contributed by atoms with Crippen LogP contribution in [0.2, 0.25) is 10.0 Å². The fourth-order valence-corrected chi connectivity index (χ4v) is 3.63. The summed E-state index contributed by atoms with van der Waals surface area (Å²) in [6.07, 6.45) is 2.90. The molecule has 0 radical (unpaired) electrons. The minimum absolute atomic E-state index is 0.166. The Labute approximate surface area is 185 Å². The molecule has 4 rings (SSSR count). The lowest BCUT2D eigenvalue weighted by Crippen LogP contribution is -2.37. The molecule has 0 saturated carbocycles. The summed E-state index contributed by atoms with van der Waals surface area (Å²) in [7, 11) is 2.89. The molecular weight excluding hydrogens is 445 g/mol. The summed E-state index contributed by atoms with van der Waals surface area (Å²) in [4.78, 5) is 41.3. The van der Waals surface area contributed by atoms with E-state index in [4.69, 9.17) is 23.2 Å². The number of aryl methyl sites for hydroxylation is 1. The maximum atomic E-state index is 12.7. The number of aromatic nitrogens is 6. The number of halogens is 2. The van der Waals surface area contributed by atoms with Crippen molar-refractivity contribution in [2.75, 3.05) is 5.32 Å². The average Bonchev–Trinajstić information content (AvgIpc) is 3.35. The highest BCUT2D eigenvalue weighted by Crippen LogP contribution is 2.26. The minimum atomic E-state index is -0.524. The van der Waals surface area contributed by atoms with Crippen molar-refractivity contribution in [2.24, 2.45) is 14.1 Å². The second kappa shape index (κ2) is 8.05. The summed E-state index contributed by atoms with van der Waals surface area (Å²) < 4.78 is 5.21. The van der Waals surface area contributed by atoms with Crippen LogP contribution in [0, 0.1) is 0 Å². The number of carbonyl (C=O) groups excluding carboxylic acids is 1. The van der Waals surface area contributed by atoms with E-state index in [-0.39, 0.29) is 17.7 Å². The highest BCUT2D eigenvalue weighted by atomic mass is 35.5. The van der Waals surface area contributed by atoms with Crippen molar-refractivity contribution in [2.45, 2.75) is 13.1 Å². The van der Waals surface area contributed by atoms with Crippen molar-refractivity contribution in [3.63, 3.8) is 0 Å². The maximum absolute atomic E-state index is 12.7. The molecule has 0 unspecified atom stereocenters. The number of anilines is 1. The largest absolute Gasteiger partial charge is 0.332 e. The molecule has 0 spiro atoms. The Morgan fingerprint density at radius 3 is 2.68 bits per heavy atom. The summed E-state index contributed by atoms with van der Waals surface area (Å²) in [5.74, 6) is 0.0555. The number of amides is 1. The Morgan fingerprint density at radius 1 is 1.13 bits per heavy atom. The first-order chi connectivity index (χ1) is 14.8. The quantitative estimate of drug-likeness (QED) is 0.485. The van der Waals surface area contributed by atoms with Crippen LogP contribution < -0.4 is 16.6 Å². The van der Waals surface area contributed by atoms with E-state index in [0.717, 1.165) is 10.1 Å². The second-order valence-electron chi connectivity index (χ2n) is 6.89. The first-order valence-corrected chi connectivity index (χ1v) is 9.89. The molecule has 1 N–H and O–H groups in total. The number of benzene rings is 1. The van der Waals surface area contributed by atoms with Crippen LogP contribution in [-0.2, 0) is 32.0 Å². The van der Waals surface area contributed by atoms with Gasteiger partial charge in [0.15, 0.2) is 11.2 Å². The van der Waals surface area contributed by atoms with Crippen LogP contribution in [0.1, 0.15) is 5.56 Å². The zero-order chi connectivity index (χ0) is 22.3. The van der Waals surface area contributed by atoms with Gasteiger partial charge in [0.05, 0.1) is 29.1 Å². The molecule has 0 atom stereocenters. The smallest absolute Gasteiger partial charge is 0.315 e. The van der Waals surface area contributed by atoms with E-state index < -0.39 is 17.2 Å². The van der Waals surface area contributed by atoms with Gasteiger partial charge in [0.1, 0.15) is 12.4 Å². The van der Waals surface area contributed by atoms with E-state index in [2.05, 4.69) is 15.4 Å². The van der Waals surface area contributed by atoms with Gasteiger partial charge in [0.25, 0.3) is 5.56 Å². The number of hydrogen-bond acceptors (Lipinski definition) is 5. The van der Waals surface area contributed by atoms with Crippen LogP contribution in [0.4, 0.5) is 5.82 Å². The van der Waals surface area contributed by atoms with E-state index in [9.17, 15) is 14.4 Å². The van der Waals surface area contributed by atoms with Gasteiger partial charge in [-0.2, -0.15) is 5.10 Å². The van der Waals surface area contributed by atoms with Gasteiger partial charge in [-0.25, -0.2) is 14.5 Å². The summed E-state index contributed by atoms with van der Waals surface area (Å²) >= 11 is 12.3. The van der Waals surface area contributed by atoms with Gasteiger partial charge in [-0.15, -0.1) is 0 Å². The van der Waals surface area contributed by atoms with Gasteiger partial charge >= 0.3 is 5.69 Å². The molecule has 0 saturated heterocycles. The average molecular weight is 462 g/mol. The van der Waals surface area contributed by atoms with Gasteiger partial charge in [-0.05, 0) is 11.6 Å². The lowest BCUT2D eigenvalue weighted by molar-refractivity contribution is -0.116. The number of nitrogens with one attached hydrogen (secondary N) is 1. The maximum Gasteiger partial charge on any atom is 0.332 e.